The summed E-state index contributed by atoms with van der Waals surface area (Å²) in [7, 11) is -3.14. The molecule has 1 aromatic carbocycles. The molecule has 0 unspecified atom stereocenters. The number of piperazine rings is 1. The molecule has 2 atom stereocenters. The monoisotopic (exact) mass is 366 g/mol. The molecule has 4 rings (SSSR count). The molecular formula is C18H23FN2O3S. The highest BCUT2D eigenvalue weighted by Crippen LogP contribution is 2.33. The van der Waals surface area contributed by atoms with Crippen LogP contribution in [0.25, 0.3) is 0 Å². The van der Waals surface area contributed by atoms with Gasteiger partial charge in [-0.2, -0.15) is 0 Å². The minimum absolute atomic E-state index is 0.0655. The molecule has 1 amide bonds. The number of fused-ring (bicyclic) bond motifs is 1. The zero-order chi connectivity index (χ0) is 17.6. The summed E-state index contributed by atoms with van der Waals surface area (Å²) >= 11 is 0. The first-order valence-corrected chi connectivity index (χ1v) is 10.7. The molecule has 1 saturated carbocycles. The summed E-state index contributed by atoms with van der Waals surface area (Å²) in [5.41, 5.74) is 0.961. The predicted octanol–water partition coefficient (Wildman–Crippen LogP) is 1.44. The minimum atomic E-state index is -3.14. The van der Waals surface area contributed by atoms with Crippen LogP contribution in [0.1, 0.15) is 24.8 Å². The molecule has 2 saturated heterocycles. The smallest absolute Gasteiger partial charge is 0.226 e. The van der Waals surface area contributed by atoms with Gasteiger partial charge in [0.2, 0.25) is 5.91 Å². The molecule has 0 bridgehead atoms. The fourth-order valence-corrected chi connectivity index (χ4v) is 6.22. The number of hydrogen-bond donors (Lipinski definition) is 0. The summed E-state index contributed by atoms with van der Waals surface area (Å²) in [5.74, 6) is 0.122. The number of rotatable bonds is 3. The Morgan fingerprint density at radius 3 is 2.40 bits per heavy atom. The number of benzene rings is 1. The van der Waals surface area contributed by atoms with Gasteiger partial charge in [0.05, 0.1) is 17.5 Å². The molecule has 25 heavy (non-hydrogen) atoms. The van der Waals surface area contributed by atoms with Crippen LogP contribution in [0, 0.1) is 11.7 Å². The topological polar surface area (TPSA) is 57.7 Å². The average molecular weight is 366 g/mol. The third kappa shape index (κ3) is 3.31. The lowest BCUT2D eigenvalue weighted by Crippen LogP contribution is -2.61. The first-order chi connectivity index (χ1) is 11.9. The fourth-order valence-electron chi connectivity index (χ4n) is 4.21. The van der Waals surface area contributed by atoms with Crippen LogP contribution in [0.3, 0.4) is 0 Å². The second-order valence-electron chi connectivity index (χ2n) is 7.47. The molecule has 2 heterocycles. The molecule has 3 fully saturated rings. The maximum absolute atomic E-state index is 13.1. The highest BCUT2D eigenvalue weighted by Gasteiger charge is 2.49. The van der Waals surface area contributed by atoms with Crippen molar-refractivity contribution in [3.63, 3.8) is 0 Å². The van der Waals surface area contributed by atoms with Gasteiger partial charge >= 0.3 is 0 Å². The summed E-state index contributed by atoms with van der Waals surface area (Å²) in [6.45, 7) is 1.82. The third-order valence-corrected chi connectivity index (χ3v) is 7.53. The van der Waals surface area contributed by atoms with Gasteiger partial charge in [0, 0.05) is 31.6 Å². The number of carbonyl (C=O) groups is 1. The molecule has 0 N–H and O–H groups in total. The number of halogens is 1. The summed E-state index contributed by atoms with van der Waals surface area (Å²) in [6.07, 6.45) is 2.95. The lowest BCUT2D eigenvalue weighted by molar-refractivity contribution is -0.144. The maximum Gasteiger partial charge on any atom is 0.226 e. The average Bonchev–Trinajstić information content (AvgIpc) is 2.83. The van der Waals surface area contributed by atoms with Gasteiger partial charge in [-0.15, -0.1) is 0 Å². The maximum atomic E-state index is 13.1. The lowest BCUT2D eigenvalue weighted by Gasteiger charge is -2.45. The van der Waals surface area contributed by atoms with Crippen LogP contribution in [-0.4, -0.2) is 60.8 Å². The molecule has 0 radical (unpaired) electrons. The Labute approximate surface area is 147 Å². The van der Waals surface area contributed by atoms with Crippen molar-refractivity contribution in [3.05, 3.63) is 35.6 Å². The SMILES string of the molecule is O=C(C1CCC1)N1CCN(Cc2ccc(F)cc2)[C@@H]2CS(=O)(=O)C[C@@H]21. The Kier molecular flexibility index (Phi) is 4.32. The van der Waals surface area contributed by atoms with E-state index in [-0.39, 0.29) is 41.2 Å². The minimum Gasteiger partial charge on any atom is -0.336 e. The van der Waals surface area contributed by atoms with E-state index in [2.05, 4.69) is 4.90 Å². The van der Waals surface area contributed by atoms with Crippen LogP contribution >= 0.6 is 0 Å². The van der Waals surface area contributed by atoms with Gasteiger partial charge in [-0.1, -0.05) is 18.6 Å². The van der Waals surface area contributed by atoms with E-state index < -0.39 is 9.84 Å². The summed E-state index contributed by atoms with van der Waals surface area (Å²) in [5, 5.41) is 0. The summed E-state index contributed by atoms with van der Waals surface area (Å²) < 4.78 is 37.6. The zero-order valence-electron chi connectivity index (χ0n) is 14.1. The van der Waals surface area contributed by atoms with E-state index >= 15 is 0 Å². The van der Waals surface area contributed by atoms with E-state index in [9.17, 15) is 17.6 Å². The van der Waals surface area contributed by atoms with Crippen LogP contribution in [-0.2, 0) is 21.2 Å². The Balaban J connectivity index is 1.53. The van der Waals surface area contributed by atoms with Crippen molar-refractivity contribution >= 4 is 15.7 Å². The van der Waals surface area contributed by atoms with Gasteiger partial charge in [0.1, 0.15) is 5.82 Å². The summed E-state index contributed by atoms with van der Waals surface area (Å²) in [4.78, 5) is 16.7. The van der Waals surface area contributed by atoms with Crippen molar-refractivity contribution in [2.75, 3.05) is 24.6 Å². The lowest BCUT2D eigenvalue weighted by atomic mass is 9.83. The van der Waals surface area contributed by atoms with Crippen molar-refractivity contribution in [2.45, 2.75) is 37.9 Å². The molecule has 1 aromatic rings. The number of hydrogen-bond acceptors (Lipinski definition) is 4. The van der Waals surface area contributed by atoms with E-state index in [0.717, 1.165) is 24.8 Å². The van der Waals surface area contributed by atoms with Gasteiger partial charge in [-0.25, -0.2) is 12.8 Å². The quantitative estimate of drug-likeness (QED) is 0.812. The largest absolute Gasteiger partial charge is 0.336 e. The van der Waals surface area contributed by atoms with E-state index in [1.54, 1.807) is 12.1 Å². The van der Waals surface area contributed by atoms with Crippen molar-refractivity contribution in [3.8, 4) is 0 Å². The first kappa shape index (κ1) is 17.0. The van der Waals surface area contributed by atoms with E-state index in [4.69, 9.17) is 0 Å². The van der Waals surface area contributed by atoms with Crippen LogP contribution < -0.4 is 0 Å². The van der Waals surface area contributed by atoms with Crippen LogP contribution in [0.5, 0.6) is 0 Å². The molecule has 7 heteroatoms. The van der Waals surface area contributed by atoms with Gasteiger partial charge in [-0.3, -0.25) is 9.69 Å². The molecule has 1 aliphatic carbocycles. The Hall–Kier alpha value is -1.47. The number of sulfone groups is 1. The Morgan fingerprint density at radius 2 is 1.76 bits per heavy atom. The van der Waals surface area contributed by atoms with E-state index in [0.29, 0.717) is 19.6 Å². The second kappa shape index (κ2) is 6.36. The Morgan fingerprint density at radius 1 is 1.08 bits per heavy atom. The van der Waals surface area contributed by atoms with E-state index in [1.165, 1.54) is 12.1 Å². The molecule has 3 aliphatic rings. The van der Waals surface area contributed by atoms with Crippen LogP contribution in [0.2, 0.25) is 0 Å². The van der Waals surface area contributed by atoms with Crippen molar-refractivity contribution < 1.29 is 17.6 Å². The molecule has 0 aromatic heterocycles. The van der Waals surface area contributed by atoms with Gasteiger partial charge in [0.25, 0.3) is 0 Å². The van der Waals surface area contributed by atoms with E-state index in [1.807, 2.05) is 4.90 Å². The van der Waals surface area contributed by atoms with Crippen molar-refractivity contribution in [2.24, 2.45) is 5.92 Å². The Bertz CT molecular complexity index is 761. The number of nitrogens with zero attached hydrogens (tertiary/aromatic N) is 2. The van der Waals surface area contributed by atoms with Crippen molar-refractivity contribution in [1.82, 2.24) is 9.80 Å². The molecule has 0 spiro atoms. The highest BCUT2D eigenvalue weighted by molar-refractivity contribution is 7.91. The zero-order valence-corrected chi connectivity index (χ0v) is 14.9. The first-order valence-electron chi connectivity index (χ1n) is 8.92. The molecule has 136 valence electrons. The van der Waals surface area contributed by atoms with Crippen molar-refractivity contribution in [1.29, 1.82) is 0 Å². The fraction of sp³-hybridized carbons (Fsp3) is 0.611. The van der Waals surface area contributed by atoms with Gasteiger partial charge in [-0.05, 0) is 30.5 Å². The molecular weight excluding hydrogens is 343 g/mol. The molecule has 5 nitrogen and oxygen atoms in total. The number of amides is 1. The predicted molar refractivity (Wildman–Crippen MR) is 92.1 cm³/mol. The van der Waals surface area contributed by atoms with Gasteiger partial charge in [0.15, 0.2) is 9.84 Å². The standard InChI is InChI=1S/C18H23FN2O3S/c19-15-6-4-13(5-7-15)10-20-8-9-21(18(22)14-2-1-3-14)17-12-25(23,24)11-16(17)20/h4-7,14,16-17H,1-3,8-12H2/t16-,17+/m1/s1. The second-order valence-corrected chi connectivity index (χ2v) is 9.62. The van der Waals surface area contributed by atoms with Gasteiger partial charge < -0.3 is 4.90 Å². The highest BCUT2D eigenvalue weighted by atomic mass is 32.2. The van der Waals surface area contributed by atoms with Crippen LogP contribution in [0.15, 0.2) is 24.3 Å². The molecule has 2 aliphatic heterocycles. The van der Waals surface area contributed by atoms with Crippen LogP contribution in [0.4, 0.5) is 4.39 Å². The number of carbonyl (C=O) groups excluding carboxylic acids is 1. The third-order valence-electron chi connectivity index (χ3n) is 5.83. The normalized spacial score (nSPS) is 29.2. The summed E-state index contributed by atoms with van der Waals surface area (Å²) in [6, 6.07) is 5.92.